The van der Waals surface area contributed by atoms with Crippen LogP contribution in [0.1, 0.15) is 20.7 Å². The van der Waals surface area contributed by atoms with Crippen LogP contribution in [0.15, 0.2) is 66.7 Å². The molecule has 0 fully saturated rings. The predicted octanol–water partition coefficient (Wildman–Crippen LogP) is 6.91. The average Bonchev–Trinajstić information content (AvgIpc) is 2.82. The van der Waals surface area contributed by atoms with Crippen LogP contribution < -0.4 is 4.74 Å². The number of carbonyl (C=O) groups is 2. The van der Waals surface area contributed by atoms with Crippen molar-refractivity contribution in [2.75, 3.05) is 13.7 Å². The molecular formula is C25H16Cl3NO4. The van der Waals surface area contributed by atoms with E-state index in [1.165, 1.54) is 12.1 Å². The Kier molecular flexibility index (Phi) is 6.84. The van der Waals surface area contributed by atoms with Crippen molar-refractivity contribution in [1.82, 2.24) is 4.98 Å². The summed E-state index contributed by atoms with van der Waals surface area (Å²) in [6.45, 7) is -0.484. The van der Waals surface area contributed by atoms with Gasteiger partial charge in [0.05, 0.1) is 33.9 Å². The van der Waals surface area contributed by atoms with Crippen molar-refractivity contribution in [2.24, 2.45) is 0 Å². The molecule has 0 aliphatic carbocycles. The van der Waals surface area contributed by atoms with Gasteiger partial charge in [-0.1, -0.05) is 46.9 Å². The van der Waals surface area contributed by atoms with Crippen LogP contribution in [0.4, 0.5) is 0 Å². The maximum absolute atomic E-state index is 13.0. The van der Waals surface area contributed by atoms with E-state index < -0.39 is 18.4 Å². The van der Waals surface area contributed by atoms with Crippen LogP contribution in [0.2, 0.25) is 15.1 Å². The van der Waals surface area contributed by atoms with Gasteiger partial charge in [0.2, 0.25) is 5.78 Å². The Hall–Kier alpha value is -3.12. The standard InChI is InChI=1S/C25H16Cl3NO4/c1-32-16-8-5-14(6-9-16)22-12-19(17-3-2-4-20(27)24(17)29-22)25(31)33-13-23(30)18-10-7-15(26)11-21(18)28/h2-12H,13H2,1H3. The molecule has 0 unspecified atom stereocenters. The van der Waals surface area contributed by atoms with Gasteiger partial charge in [0.25, 0.3) is 0 Å². The van der Waals surface area contributed by atoms with Crippen molar-refractivity contribution in [3.05, 3.63) is 92.9 Å². The Bertz CT molecular complexity index is 1370. The van der Waals surface area contributed by atoms with E-state index in [1.54, 1.807) is 49.6 Å². The summed E-state index contributed by atoms with van der Waals surface area (Å²) in [5.74, 6) is -0.439. The number of halogens is 3. The maximum atomic E-state index is 13.0. The first-order chi connectivity index (χ1) is 15.9. The third-order valence-electron chi connectivity index (χ3n) is 4.96. The summed E-state index contributed by atoms with van der Waals surface area (Å²) in [6, 6.07) is 18.5. The van der Waals surface area contributed by atoms with Gasteiger partial charge < -0.3 is 9.47 Å². The fourth-order valence-corrected chi connectivity index (χ4v) is 4.02. The van der Waals surface area contributed by atoms with Crippen LogP contribution in [-0.4, -0.2) is 30.5 Å². The highest BCUT2D eigenvalue weighted by Gasteiger charge is 2.19. The van der Waals surface area contributed by atoms with Gasteiger partial charge in [0.15, 0.2) is 6.61 Å². The molecule has 3 aromatic carbocycles. The molecule has 0 amide bonds. The zero-order valence-corrected chi connectivity index (χ0v) is 19.5. The number of hydrogen-bond donors (Lipinski definition) is 0. The number of ketones is 1. The van der Waals surface area contributed by atoms with Crippen molar-refractivity contribution in [3.63, 3.8) is 0 Å². The number of Topliss-reactive ketones (excluding diaryl/α,β-unsaturated/α-hetero) is 1. The highest BCUT2D eigenvalue weighted by atomic mass is 35.5. The number of hydrogen-bond acceptors (Lipinski definition) is 5. The zero-order valence-electron chi connectivity index (χ0n) is 17.3. The Labute approximate surface area is 204 Å². The van der Waals surface area contributed by atoms with Gasteiger partial charge in [0, 0.05) is 21.5 Å². The van der Waals surface area contributed by atoms with Crippen LogP contribution in [0.5, 0.6) is 5.75 Å². The lowest BCUT2D eigenvalue weighted by atomic mass is 10.0. The third-order valence-corrected chi connectivity index (χ3v) is 5.81. The summed E-state index contributed by atoms with van der Waals surface area (Å²) >= 11 is 18.3. The Morgan fingerprint density at radius 1 is 0.879 bits per heavy atom. The van der Waals surface area contributed by atoms with E-state index >= 15 is 0 Å². The van der Waals surface area contributed by atoms with E-state index in [2.05, 4.69) is 4.98 Å². The number of rotatable bonds is 6. The van der Waals surface area contributed by atoms with E-state index in [9.17, 15) is 9.59 Å². The van der Waals surface area contributed by atoms with Gasteiger partial charge in [0.1, 0.15) is 5.75 Å². The molecule has 33 heavy (non-hydrogen) atoms. The van der Waals surface area contributed by atoms with E-state index in [0.717, 1.165) is 5.56 Å². The molecule has 0 aliphatic heterocycles. The van der Waals surface area contributed by atoms with Crippen LogP contribution in [0.3, 0.4) is 0 Å². The van der Waals surface area contributed by atoms with E-state index in [0.29, 0.717) is 32.4 Å². The molecule has 4 rings (SSSR count). The van der Waals surface area contributed by atoms with E-state index in [-0.39, 0.29) is 16.1 Å². The molecule has 5 nitrogen and oxygen atoms in total. The van der Waals surface area contributed by atoms with Crippen LogP contribution in [0.25, 0.3) is 22.2 Å². The second kappa shape index (κ2) is 9.79. The van der Waals surface area contributed by atoms with Crippen molar-refractivity contribution in [2.45, 2.75) is 0 Å². The number of fused-ring (bicyclic) bond motifs is 1. The van der Waals surface area contributed by atoms with Crippen molar-refractivity contribution in [3.8, 4) is 17.0 Å². The maximum Gasteiger partial charge on any atom is 0.339 e. The number of carbonyl (C=O) groups excluding carboxylic acids is 2. The van der Waals surface area contributed by atoms with Crippen LogP contribution in [0, 0.1) is 0 Å². The molecule has 0 N–H and O–H groups in total. The van der Waals surface area contributed by atoms with Crippen molar-refractivity contribution < 1.29 is 19.1 Å². The van der Waals surface area contributed by atoms with Gasteiger partial charge >= 0.3 is 5.97 Å². The second-order valence-corrected chi connectivity index (χ2v) is 8.29. The molecule has 0 bridgehead atoms. The molecule has 166 valence electrons. The number of benzene rings is 3. The average molecular weight is 501 g/mol. The lowest BCUT2D eigenvalue weighted by Crippen LogP contribution is -2.15. The number of aromatic nitrogens is 1. The molecule has 0 radical (unpaired) electrons. The minimum Gasteiger partial charge on any atom is -0.497 e. The molecule has 0 saturated heterocycles. The van der Waals surface area contributed by atoms with Gasteiger partial charge in [-0.05, 0) is 54.6 Å². The minimum atomic E-state index is -0.683. The number of nitrogens with zero attached hydrogens (tertiary/aromatic N) is 1. The minimum absolute atomic E-state index is 0.187. The molecule has 0 saturated carbocycles. The van der Waals surface area contributed by atoms with E-state index in [4.69, 9.17) is 44.3 Å². The topological polar surface area (TPSA) is 65.5 Å². The fourth-order valence-electron chi connectivity index (χ4n) is 3.29. The second-order valence-electron chi connectivity index (χ2n) is 7.04. The van der Waals surface area contributed by atoms with Gasteiger partial charge in [-0.2, -0.15) is 0 Å². The molecule has 4 aromatic rings. The molecule has 8 heteroatoms. The molecule has 1 aromatic heterocycles. The summed E-state index contributed by atoms with van der Waals surface area (Å²) in [7, 11) is 1.58. The van der Waals surface area contributed by atoms with E-state index in [1.807, 2.05) is 12.1 Å². The number of para-hydroxylation sites is 1. The summed E-state index contributed by atoms with van der Waals surface area (Å²) in [5.41, 5.74) is 2.19. The largest absolute Gasteiger partial charge is 0.497 e. The SMILES string of the molecule is COc1ccc(-c2cc(C(=O)OCC(=O)c3ccc(Cl)cc3Cl)c3cccc(Cl)c3n2)cc1. The number of pyridine rings is 1. The molecule has 0 spiro atoms. The fraction of sp³-hybridized carbons (Fsp3) is 0.0800. The van der Waals surface area contributed by atoms with Crippen molar-refractivity contribution >= 4 is 57.5 Å². The van der Waals surface area contributed by atoms with Crippen LogP contribution >= 0.6 is 34.8 Å². The Morgan fingerprint density at radius 2 is 1.64 bits per heavy atom. The Balaban J connectivity index is 1.67. The first kappa shape index (κ1) is 23.1. The molecule has 0 atom stereocenters. The first-order valence-electron chi connectivity index (χ1n) is 9.76. The predicted molar refractivity (Wildman–Crippen MR) is 130 cm³/mol. The highest BCUT2D eigenvalue weighted by molar-refractivity contribution is 6.37. The first-order valence-corrected chi connectivity index (χ1v) is 10.9. The van der Waals surface area contributed by atoms with Crippen LogP contribution in [-0.2, 0) is 4.74 Å². The Morgan fingerprint density at radius 3 is 2.33 bits per heavy atom. The lowest BCUT2D eigenvalue weighted by Gasteiger charge is -2.11. The molecular weight excluding hydrogens is 485 g/mol. The highest BCUT2D eigenvalue weighted by Crippen LogP contribution is 2.30. The summed E-state index contributed by atoms with van der Waals surface area (Å²) in [6.07, 6.45) is 0. The number of esters is 1. The van der Waals surface area contributed by atoms with Gasteiger partial charge in [-0.3, -0.25) is 4.79 Å². The summed E-state index contributed by atoms with van der Waals surface area (Å²) in [4.78, 5) is 30.2. The zero-order chi connectivity index (χ0) is 23.5. The third kappa shape index (κ3) is 4.96. The number of methoxy groups -OCH3 is 1. The van der Waals surface area contributed by atoms with Gasteiger partial charge in [-0.15, -0.1) is 0 Å². The number of ether oxygens (including phenoxy) is 2. The lowest BCUT2D eigenvalue weighted by molar-refractivity contribution is 0.0476. The molecule has 0 aliphatic rings. The smallest absolute Gasteiger partial charge is 0.339 e. The van der Waals surface area contributed by atoms with Gasteiger partial charge in [-0.25, -0.2) is 9.78 Å². The summed E-state index contributed by atoms with van der Waals surface area (Å²) < 4.78 is 10.5. The quantitative estimate of drug-likeness (QED) is 0.213. The van der Waals surface area contributed by atoms with Crippen molar-refractivity contribution in [1.29, 1.82) is 0 Å². The molecule has 1 heterocycles. The monoisotopic (exact) mass is 499 g/mol. The normalized spacial score (nSPS) is 10.8. The summed E-state index contributed by atoms with van der Waals surface area (Å²) in [5, 5.41) is 1.49.